The highest BCUT2D eigenvalue weighted by molar-refractivity contribution is 5.69. The van der Waals surface area contributed by atoms with Gasteiger partial charge in [-0.3, -0.25) is 9.59 Å². The average molecular weight is 357 g/mol. The van der Waals surface area contributed by atoms with Crippen molar-refractivity contribution >= 4 is 11.9 Å². The highest BCUT2D eigenvalue weighted by Crippen LogP contribution is 2.09. The molecule has 0 bridgehead atoms. The fraction of sp³-hybridized carbons (Fsp3) is 0.905. The molecular formula is C21H40O4. The zero-order valence-corrected chi connectivity index (χ0v) is 16.8. The van der Waals surface area contributed by atoms with Crippen LogP contribution in [0, 0.1) is 5.92 Å². The van der Waals surface area contributed by atoms with Gasteiger partial charge in [-0.1, -0.05) is 78.6 Å². The summed E-state index contributed by atoms with van der Waals surface area (Å²) in [6, 6.07) is 0. The monoisotopic (exact) mass is 356 g/mol. The predicted octanol–water partition coefficient (Wildman–Crippen LogP) is 5.82. The number of rotatable bonds is 17. The lowest BCUT2D eigenvalue weighted by Crippen LogP contribution is -2.18. The summed E-state index contributed by atoms with van der Waals surface area (Å²) in [5.41, 5.74) is 0. The van der Waals surface area contributed by atoms with Gasteiger partial charge in [-0.15, -0.1) is 0 Å². The van der Waals surface area contributed by atoms with E-state index >= 15 is 0 Å². The molecule has 0 radical (unpaired) electrons. The zero-order chi connectivity index (χ0) is 18.8. The molecule has 0 aliphatic heterocycles. The van der Waals surface area contributed by atoms with Crippen LogP contribution >= 0.6 is 0 Å². The molecule has 1 atom stereocenters. The van der Waals surface area contributed by atoms with Crippen LogP contribution in [0.25, 0.3) is 0 Å². The first-order valence-electron chi connectivity index (χ1n) is 10.4. The van der Waals surface area contributed by atoms with Crippen molar-refractivity contribution in [3.8, 4) is 0 Å². The van der Waals surface area contributed by atoms with Crippen LogP contribution in [0.3, 0.4) is 0 Å². The lowest BCUT2D eigenvalue weighted by Gasteiger charge is -2.12. The van der Waals surface area contributed by atoms with Gasteiger partial charge >= 0.3 is 11.9 Å². The van der Waals surface area contributed by atoms with E-state index in [0.717, 1.165) is 25.7 Å². The first-order valence-corrected chi connectivity index (χ1v) is 10.4. The lowest BCUT2D eigenvalue weighted by molar-refractivity contribution is -0.148. The van der Waals surface area contributed by atoms with E-state index in [1.807, 2.05) is 6.92 Å². The van der Waals surface area contributed by atoms with Gasteiger partial charge in [0.05, 0.1) is 13.2 Å². The molecule has 0 aromatic carbocycles. The largest absolute Gasteiger partial charge is 0.465 e. The number of carbonyl (C=O) groups is 2. The van der Waals surface area contributed by atoms with Crippen LogP contribution in [-0.2, 0) is 19.1 Å². The summed E-state index contributed by atoms with van der Waals surface area (Å²) in [5, 5.41) is 0. The summed E-state index contributed by atoms with van der Waals surface area (Å²) < 4.78 is 10.5. The molecule has 0 amide bonds. The van der Waals surface area contributed by atoms with E-state index in [4.69, 9.17) is 9.47 Å². The van der Waals surface area contributed by atoms with Crippen LogP contribution in [-0.4, -0.2) is 25.2 Å². The summed E-state index contributed by atoms with van der Waals surface area (Å²) in [4.78, 5) is 23.3. The number of hydrogen-bond acceptors (Lipinski definition) is 4. The zero-order valence-electron chi connectivity index (χ0n) is 16.8. The molecule has 0 saturated heterocycles. The predicted molar refractivity (Wildman–Crippen MR) is 102 cm³/mol. The van der Waals surface area contributed by atoms with E-state index in [2.05, 4.69) is 13.8 Å². The van der Waals surface area contributed by atoms with Crippen LogP contribution in [0.15, 0.2) is 0 Å². The molecule has 0 rings (SSSR count). The number of ether oxygens (including phenoxy) is 2. The fourth-order valence-electron chi connectivity index (χ4n) is 2.59. The van der Waals surface area contributed by atoms with Gasteiger partial charge in [0.15, 0.2) is 0 Å². The van der Waals surface area contributed by atoms with E-state index in [1.54, 1.807) is 0 Å². The second-order valence-electron chi connectivity index (χ2n) is 7.15. The molecular weight excluding hydrogens is 316 g/mol. The minimum Gasteiger partial charge on any atom is -0.465 e. The van der Waals surface area contributed by atoms with Crippen LogP contribution in [0.4, 0.5) is 0 Å². The third-order valence-electron chi connectivity index (χ3n) is 4.28. The molecule has 0 heterocycles. The van der Waals surface area contributed by atoms with E-state index in [0.29, 0.717) is 26.1 Å². The molecule has 0 aliphatic carbocycles. The Morgan fingerprint density at radius 3 is 1.40 bits per heavy atom. The molecule has 0 spiro atoms. The highest BCUT2D eigenvalue weighted by Gasteiger charge is 2.10. The Balaban J connectivity index is 3.50. The third kappa shape index (κ3) is 17.6. The summed E-state index contributed by atoms with van der Waals surface area (Å²) in [7, 11) is 0. The third-order valence-corrected chi connectivity index (χ3v) is 4.28. The van der Waals surface area contributed by atoms with Crippen molar-refractivity contribution in [2.24, 2.45) is 5.92 Å². The molecule has 0 aromatic heterocycles. The number of hydrogen-bond donors (Lipinski definition) is 0. The first-order chi connectivity index (χ1) is 12.1. The minimum absolute atomic E-state index is 0.0533. The molecule has 0 aromatic rings. The van der Waals surface area contributed by atoms with Crippen LogP contribution in [0.5, 0.6) is 0 Å². The second kappa shape index (κ2) is 17.8. The van der Waals surface area contributed by atoms with Gasteiger partial charge < -0.3 is 9.47 Å². The smallest absolute Gasteiger partial charge is 0.305 e. The lowest BCUT2D eigenvalue weighted by atomic mass is 10.1. The number of esters is 2. The molecule has 0 saturated carbocycles. The minimum atomic E-state index is -0.137. The van der Waals surface area contributed by atoms with E-state index in [-0.39, 0.29) is 17.9 Å². The summed E-state index contributed by atoms with van der Waals surface area (Å²) in [5.74, 6) is -0.219. The van der Waals surface area contributed by atoms with Gasteiger partial charge in [0.25, 0.3) is 0 Å². The number of unbranched alkanes of at least 4 members (excludes halogenated alkanes) is 9. The fourth-order valence-corrected chi connectivity index (χ4v) is 2.59. The van der Waals surface area contributed by atoms with Crippen LogP contribution in [0.2, 0.25) is 0 Å². The SMILES string of the molecule is CCCCCCCCC(=O)OCC(C)COC(=O)CCCCCCC. The van der Waals surface area contributed by atoms with E-state index in [9.17, 15) is 9.59 Å². The maximum atomic E-state index is 11.7. The van der Waals surface area contributed by atoms with Crippen molar-refractivity contribution in [2.45, 2.75) is 104 Å². The average Bonchev–Trinajstić information content (AvgIpc) is 2.61. The van der Waals surface area contributed by atoms with Crippen molar-refractivity contribution in [3.05, 3.63) is 0 Å². The maximum absolute atomic E-state index is 11.7. The molecule has 0 N–H and O–H groups in total. The van der Waals surface area contributed by atoms with Crippen molar-refractivity contribution in [1.29, 1.82) is 0 Å². The number of carbonyl (C=O) groups excluding carboxylic acids is 2. The Hall–Kier alpha value is -1.06. The van der Waals surface area contributed by atoms with E-state index < -0.39 is 0 Å². The van der Waals surface area contributed by atoms with Gasteiger partial charge in [0.2, 0.25) is 0 Å². The van der Waals surface area contributed by atoms with Gasteiger partial charge in [-0.25, -0.2) is 0 Å². The van der Waals surface area contributed by atoms with Gasteiger partial charge in [-0.2, -0.15) is 0 Å². The van der Waals surface area contributed by atoms with Gasteiger partial charge in [-0.05, 0) is 12.8 Å². The molecule has 25 heavy (non-hydrogen) atoms. The van der Waals surface area contributed by atoms with E-state index in [1.165, 1.54) is 44.9 Å². The topological polar surface area (TPSA) is 52.6 Å². The van der Waals surface area contributed by atoms with Gasteiger partial charge in [0.1, 0.15) is 0 Å². The van der Waals surface area contributed by atoms with Gasteiger partial charge in [0, 0.05) is 18.8 Å². The Morgan fingerprint density at radius 2 is 1.00 bits per heavy atom. The Labute approximate surface area is 155 Å². The molecule has 4 heteroatoms. The van der Waals surface area contributed by atoms with Crippen LogP contribution in [0.1, 0.15) is 104 Å². The van der Waals surface area contributed by atoms with Crippen molar-refractivity contribution in [2.75, 3.05) is 13.2 Å². The Kier molecular flexibility index (Phi) is 17.0. The quantitative estimate of drug-likeness (QED) is 0.243. The maximum Gasteiger partial charge on any atom is 0.305 e. The highest BCUT2D eigenvalue weighted by atomic mass is 16.5. The van der Waals surface area contributed by atoms with Crippen molar-refractivity contribution in [3.63, 3.8) is 0 Å². The summed E-state index contributed by atoms with van der Waals surface area (Å²) >= 11 is 0. The Morgan fingerprint density at radius 1 is 0.640 bits per heavy atom. The summed E-state index contributed by atoms with van der Waals surface area (Å²) in [6.45, 7) is 6.97. The van der Waals surface area contributed by atoms with Crippen LogP contribution < -0.4 is 0 Å². The molecule has 148 valence electrons. The Bertz CT molecular complexity index is 328. The molecule has 4 nitrogen and oxygen atoms in total. The standard InChI is InChI=1S/C21H40O4/c1-4-6-8-10-12-14-16-21(23)25-18-19(3)17-24-20(22)15-13-11-9-7-5-2/h19H,4-18H2,1-3H3. The summed E-state index contributed by atoms with van der Waals surface area (Å²) in [6.07, 6.45) is 13.6. The second-order valence-corrected chi connectivity index (χ2v) is 7.15. The first kappa shape index (κ1) is 23.9. The normalized spacial score (nSPS) is 12.0. The van der Waals surface area contributed by atoms with Crippen molar-refractivity contribution in [1.82, 2.24) is 0 Å². The van der Waals surface area contributed by atoms with Crippen molar-refractivity contribution < 1.29 is 19.1 Å². The molecule has 0 aliphatic rings. The molecule has 1 unspecified atom stereocenters. The molecule has 0 fully saturated rings.